The molecule has 34 heavy (non-hydrogen) atoms. The van der Waals surface area contributed by atoms with Crippen LogP contribution in [-0.4, -0.2) is 34.5 Å². The van der Waals surface area contributed by atoms with E-state index in [1.165, 1.54) is 29.6 Å². The summed E-state index contributed by atoms with van der Waals surface area (Å²) in [6, 6.07) is 0. The topological polar surface area (TPSA) is 55.8 Å². The van der Waals surface area contributed by atoms with Crippen molar-refractivity contribution in [3.63, 3.8) is 0 Å². The number of fused-ring (bicyclic) bond motifs is 5. The highest BCUT2D eigenvalue weighted by atomic mass is 16.6. The average molecular weight is 463 g/mol. The number of carbonyl (C=O) groups is 1. The molecule has 0 radical (unpaired) electrons. The van der Waals surface area contributed by atoms with E-state index in [0.29, 0.717) is 18.3 Å². The molecule has 3 aliphatic heterocycles. The van der Waals surface area contributed by atoms with E-state index < -0.39 is 17.3 Å². The molecule has 0 unspecified atom stereocenters. The predicted octanol–water partition coefficient (Wildman–Crippen LogP) is 5.58. The molecule has 3 fully saturated rings. The minimum Gasteiger partial charge on any atom is -0.443 e. The first kappa shape index (κ1) is 21.6. The van der Waals surface area contributed by atoms with Gasteiger partial charge in [0.15, 0.2) is 5.60 Å². The Kier molecular flexibility index (Phi) is 3.93. The van der Waals surface area contributed by atoms with Crippen molar-refractivity contribution in [3.8, 4) is 0 Å². The molecule has 4 nitrogen and oxygen atoms in total. The number of hydrogen-bond acceptors (Lipinski definition) is 4. The number of hydrogen-bond donors (Lipinski definition) is 1. The monoisotopic (exact) mass is 462 g/mol. The van der Waals surface area contributed by atoms with Gasteiger partial charge in [0.05, 0.1) is 12.2 Å². The lowest BCUT2D eigenvalue weighted by atomic mass is 9.46. The van der Waals surface area contributed by atoms with Crippen molar-refractivity contribution in [1.29, 1.82) is 0 Å². The molecule has 4 bridgehead atoms. The maximum absolute atomic E-state index is 13.3. The Balaban J connectivity index is 1.57. The summed E-state index contributed by atoms with van der Waals surface area (Å²) in [5.41, 5.74) is 4.72. The Morgan fingerprint density at radius 1 is 1.03 bits per heavy atom. The summed E-state index contributed by atoms with van der Waals surface area (Å²) < 4.78 is 13.7. The zero-order valence-electron chi connectivity index (χ0n) is 21.5. The van der Waals surface area contributed by atoms with E-state index in [1.807, 2.05) is 6.92 Å². The molecule has 1 N–H and O–H groups in total. The molecule has 182 valence electrons. The van der Waals surface area contributed by atoms with Crippen LogP contribution in [0.1, 0.15) is 80.1 Å². The van der Waals surface area contributed by atoms with Gasteiger partial charge in [0.25, 0.3) is 0 Å². The number of rotatable bonds is 0. The summed E-state index contributed by atoms with van der Waals surface area (Å²) in [7, 11) is 0. The number of esters is 1. The Morgan fingerprint density at radius 2 is 1.76 bits per heavy atom. The maximum Gasteiger partial charge on any atom is 0.335 e. The molecular formula is C30H38O4. The standard InChI is InChI=1S/C30H38O4/c1-15-9-7-11-19-13-29-21(18(4)26(32)34-29)23(27(15,19)5)24-17(3)22-25(31)28(6)16(2)10-8-12-20(28)14-30(22,29)33-24/h12-13,15-16,23-25,31H,7-11,14H2,1-6H3/t15-,16+,23-,24+,25-,27+,28-,29+,30-/m0/s1. The highest BCUT2D eigenvalue weighted by molar-refractivity contribution is 5.95. The molecule has 4 aliphatic carbocycles. The van der Waals surface area contributed by atoms with Crippen LogP contribution >= 0.6 is 0 Å². The van der Waals surface area contributed by atoms with Gasteiger partial charge in [0.2, 0.25) is 0 Å². The van der Waals surface area contributed by atoms with Gasteiger partial charge in [-0.25, -0.2) is 4.79 Å². The van der Waals surface area contributed by atoms with Gasteiger partial charge in [-0.15, -0.1) is 0 Å². The second-order valence-electron chi connectivity index (χ2n) is 12.9. The average Bonchev–Trinajstić information content (AvgIpc) is 3.21. The Bertz CT molecular complexity index is 1170. The van der Waals surface area contributed by atoms with E-state index in [0.717, 1.165) is 36.0 Å². The van der Waals surface area contributed by atoms with Gasteiger partial charge in [0.1, 0.15) is 5.60 Å². The number of aliphatic hydroxyl groups excluding tert-OH is 1. The quantitative estimate of drug-likeness (QED) is 0.377. The largest absolute Gasteiger partial charge is 0.443 e. The molecule has 0 aromatic heterocycles. The first-order chi connectivity index (χ1) is 16.0. The molecule has 0 aromatic rings. The van der Waals surface area contributed by atoms with Gasteiger partial charge in [-0.05, 0) is 80.6 Å². The molecule has 4 heteroatoms. The van der Waals surface area contributed by atoms with Gasteiger partial charge in [-0.3, -0.25) is 0 Å². The maximum atomic E-state index is 13.3. The van der Waals surface area contributed by atoms with E-state index in [-0.39, 0.29) is 28.8 Å². The normalized spacial score (nSPS) is 52.9. The third-order valence-electron chi connectivity index (χ3n) is 12.0. The summed E-state index contributed by atoms with van der Waals surface area (Å²) in [6.07, 6.45) is 10.2. The van der Waals surface area contributed by atoms with Gasteiger partial charge >= 0.3 is 5.97 Å². The van der Waals surface area contributed by atoms with Crippen molar-refractivity contribution in [3.05, 3.63) is 45.6 Å². The number of allylic oxidation sites excluding steroid dienone is 2. The van der Waals surface area contributed by atoms with E-state index in [9.17, 15) is 9.90 Å². The van der Waals surface area contributed by atoms with Crippen molar-refractivity contribution in [2.75, 3.05) is 0 Å². The van der Waals surface area contributed by atoms with Crippen LogP contribution in [-0.2, 0) is 14.3 Å². The highest BCUT2D eigenvalue weighted by Gasteiger charge is 2.78. The molecule has 7 aliphatic rings. The van der Waals surface area contributed by atoms with Crippen LogP contribution in [0.2, 0.25) is 0 Å². The van der Waals surface area contributed by atoms with Crippen LogP contribution in [0, 0.1) is 28.6 Å². The lowest BCUT2D eigenvalue weighted by Gasteiger charge is -2.64. The summed E-state index contributed by atoms with van der Waals surface area (Å²) in [5.74, 6) is 0.755. The first-order valence-corrected chi connectivity index (χ1v) is 13.5. The van der Waals surface area contributed by atoms with Crippen LogP contribution in [0.3, 0.4) is 0 Å². The SMILES string of the molecule is CC1=C2[C@H]3[C@@H]4O[C@]5(CC6=CCC[C@@H](C)[C@]6(C)[C@@H](O)C5=C4C)[C@]2(C=C2CCC[C@H](C)[C@]23C)OC1=O. The van der Waals surface area contributed by atoms with E-state index in [2.05, 4.69) is 46.8 Å². The van der Waals surface area contributed by atoms with Gasteiger partial charge in [-0.2, -0.15) is 0 Å². The van der Waals surface area contributed by atoms with E-state index >= 15 is 0 Å². The molecule has 3 heterocycles. The third kappa shape index (κ3) is 1.96. The van der Waals surface area contributed by atoms with Crippen molar-refractivity contribution in [1.82, 2.24) is 0 Å². The van der Waals surface area contributed by atoms with E-state index in [4.69, 9.17) is 9.47 Å². The number of carbonyl (C=O) groups excluding carboxylic acids is 1. The van der Waals surface area contributed by atoms with Crippen LogP contribution in [0.5, 0.6) is 0 Å². The fourth-order valence-corrected chi connectivity index (χ4v) is 9.65. The minimum atomic E-state index is -0.932. The zero-order chi connectivity index (χ0) is 24.0. The van der Waals surface area contributed by atoms with Crippen LogP contribution in [0.15, 0.2) is 45.6 Å². The number of ether oxygens (including phenoxy) is 2. The molecule has 0 amide bonds. The summed E-state index contributed by atoms with van der Waals surface area (Å²) in [4.78, 5) is 13.3. The summed E-state index contributed by atoms with van der Waals surface area (Å²) in [5, 5.41) is 12.2. The second-order valence-corrected chi connectivity index (χ2v) is 12.9. The fraction of sp³-hybridized carbons (Fsp3) is 0.700. The Labute approximate surface area is 203 Å². The zero-order valence-corrected chi connectivity index (χ0v) is 21.5. The summed E-state index contributed by atoms with van der Waals surface area (Å²) in [6.45, 7) is 13.5. The predicted molar refractivity (Wildman–Crippen MR) is 130 cm³/mol. The molecule has 1 spiro atoms. The highest BCUT2D eigenvalue weighted by Crippen LogP contribution is 2.74. The third-order valence-corrected chi connectivity index (χ3v) is 12.0. The van der Waals surface area contributed by atoms with Crippen molar-refractivity contribution in [2.24, 2.45) is 28.6 Å². The smallest absolute Gasteiger partial charge is 0.335 e. The molecule has 1 saturated heterocycles. The van der Waals surface area contributed by atoms with Gasteiger partial charge in [-0.1, -0.05) is 44.9 Å². The Morgan fingerprint density at radius 3 is 2.53 bits per heavy atom. The van der Waals surface area contributed by atoms with Crippen molar-refractivity contribution in [2.45, 2.75) is 103 Å². The molecule has 0 aromatic carbocycles. The molecular weight excluding hydrogens is 424 g/mol. The lowest BCUT2D eigenvalue weighted by molar-refractivity contribution is -0.213. The van der Waals surface area contributed by atoms with Gasteiger partial charge in [0, 0.05) is 28.7 Å². The van der Waals surface area contributed by atoms with Crippen molar-refractivity contribution < 1.29 is 19.4 Å². The van der Waals surface area contributed by atoms with E-state index in [1.54, 1.807) is 0 Å². The lowest BCUT2D eigenvalue weighted by Crippen LogP contribution is -2.70. The Hall–Kier alpha value is -1.65. The first-order valence-electron chi connectivity index (χ1n) is 13.5. The minimum absolute atomic E-state index is 0.0674. The van der Waals surface area contributed by atoms with Crippen LogP contribution in [0.25, 0.3) is 0 Å². The van der Waals surface area contributed by atoms with Crippen molar-refractivity contribution >= 4 is 5.97 Å². The van der Waals surface area contributed by atoms with Crippen LogP contribution in [0.4, 0.5) is 0 Å². The molecule has 7 rings (SSSR count). The molecule has 9 atom stereocenters. The summed E-state index contributed by atoms with van der Waals surface area (Å²) >= 11 is 0. The number of aliphatic hydroxyl groups is 1. The fourth-order valence-electron chi connectivity index (χ4n) is 9.65. The second kappa shape index (κ2) is 6.18. The van der Waals surface area contributed by atoms with Crippen LogP contribution < -0.4 is 0 Å². The molecule has 2 saturated carbocycles. The van der Waals surface area contributed by atoms with Gasteiger partial charge < -0.3 is 14.6 Å².